The summed E-state index contributed by atoms with van der Waals surface area (Å²) in [5.41, 5.74) is 3.22. The Kier molecular flexibility index (Phi) is 6.57. The molecule has 3 rings (SSSR count). The lowest BCUT2D eigenvalue weighted by Gasteiger charge is -2.28. The zero-order valence-corrected chi connectivity index (χ0v) is 17.0. The van der Waals surface area contributed by atoms with E-state index in [0.29, 0.717) is 17.8 Å². The van der Waals surface area contributed by atoms with E-state index < -0.39 is 10.0 Å². The minimum Gasteiger partial charge on any atom is -0.372 e. The van der Waals surface area contributed by atoms with Gasteiger partial charge in [0.25, 0.3) is 5.91 Å². The number of rotatable bonds is 7. The Morgan fingerprint density at radius 1 is 0.964 bits per heavy atom. The number of nitrogens with zero attached hydrogens (tertiary/aromatic N) is 1. The van der Waals surface area contributed by atoms with Crippen LogP contribution in [0, 0.1) is 0 Å². The molecule has 0 unspecified atom stereocenters. The molecule has 1 aliphatic heterocycles. The number of piperidine rings is 1. The maximum Gasteiger partial charge on any atom is 0.251 e. The van der Waals surface area contributed by atoms with Crippen molar-refractivity contribution >= 4 is 27.3 Å². The third-order valence-electron chi connectivity index (χ3n) is 4.91. The molecule has 2 aromatic rings. The summed E-state index contributed by atoms with van der Waals surface area (Å²) in [5, 5.41) is 2.90. The van der Waals surface area contributed by atoms with E-state index in [-0.39, 0.29) is 11.7 Å². The first-order valence-corrected chi connectivity index (χ1v) is 11.3. The number of nitrogens with one attached hydrogen (secondary N) is 2. The molecule has 0 atom stereocenters. The molecule has 28 heavy (non-hydrogen) atoms. The second-order valence-electron chi connectivity index (χ2n) is 6.98. The molecule has 1 heterocycles. The molecule has 7 heteroatoms. The monoisotopic (exact) mass is 401 g/mol. The van der Waals surface area contributed by atoms with Crippen molar-refractivity contribution in [3.05, 3.63) is 59.7 Å². The highest BCUT2D eigenvalue weighted by Crippen LogP contribution is 2.20. The Morgan fingerprint density at radius 3 is 2.21 bits per heavy atom. The molecule has 150 valence electrons. The summed E-state index contributed by atoms with van der Waals surface area (Å²) in [5.74, 6) is -0.184. The minimum absolute atomic E-state index is 0.00574. The van der Waals surface area contributed by atoms with Crippen molar-refractivity contribution in [2.24, 2.45) is 0 Å². The summed E-state index contributed by atoms with van der Waals surface area (Å²) in [6.45, 7) is 4.24. The molecule has 1 amide bonds. The summed E-state index contributed by atoms with van der Waals surface area (Å²) in [6, 6.07) is 14.7. The van der Waals surface area contributed by atoms with Crippen LogP contribution in [-0.4, -0.2) is 33.2 Å². The van der Waals surface area contributed by atoms with Crippen molar-refractivity contribution < 1.29 is 13.2 Å². The molecule has 1 aliphatic rings. The molecule has 6 nitrogen and oxygen atoms in total. The van der Waals surface area contributed by atoms with Crippen molar-refractivity contribution in [1.82, 2.24) is 5.32 Å². The molecule has 0 saturated carbocycles. The lowest BCUT2D eigenvalue weighted by molar-refractivity contribution is 0.0951. The van der Waals surface area contributed by atoms with Gasteiger partial charge in [-0.05, 0) is 68.1 Å². The molecule has 1 saturated heterocycles. The van der Waals surface area contributed by atoms with Gasteiger partial charge in [-0.25, -0.2) is 8.42 Å². The number of benzene rings is 2. The fraction of sp³-hybridized carbons (Fsp3) is 0.381. The van der Waals surface area contributed by atoms with Crippen LogP contribution in [0.3, 0.4) is 0 Å². The SMILES string of the molecule is CCS(=O)(=O)Nc1ccc(C(=O)NCc2ccc(N3CCCCC3)cc2)cc1. The standard InChI is InChI=1S/C21H27N3O3S/c1-2-28(26,27)23-19-10-8-18(9-11-19)21(25)22-16-17-6-12-20(13-7-17)24-14-4-3-5-15-24/h6-13,23H,2-5,14-16H2,1H3,(H,22,25). The average Bonchev–Trinajstić information content (AvgIpc) is 2.73. The maximum atomic E-state index is 12.3. The van der Waals surface area contributed by atoms with Gasteiger partial charge in [-0.15, -0.1) is 0 Å². The number of carbonyl (C=O) groups is 1. The van der Waals surface area contributed by atoms with Gasteiger partial charge in [-0.3, -0.25) is 9.52 Å². The highest BCUT2D eigenvalue weighted by molar-refractivity contribution is 7.92. The van der Waals surface area contributed by atoms with Crippen molar-refractivity contribution in [3.8, 4) is 0 Å². The maximum absolute atomic E-state index is 12.3. The Morgan fingerprint density at radius 2 is 1.61 bits per heavy atom. The van der Waals surface area contributed by atoms with Crippen LogP contribution in [0.5, 0.6) is 0 Å². The largest absolute Gasteiger partial charge is 0.372 e. The number of amides is 1. The minimum atomic E-state index is -3.32. The van der Waals surface area contributed by atoms with Crippen LogP contribution < -0.4 is 14.9 Å². The van der Waals surface area contributed by atoms with E-state index in [1.54, 1.807) is 31.2 Å². The quantitative estimate of drug-likeness (QED) is 0.746. The number of hydrogen-bond donors (Lipinski definition) is 2. The zero-order valence-electron chi connectivity index (χ0n) is 16.1. The Hall–Kier alpha value is -2.54. The van der Waals surface area contributed by atoms with Gasteiger partial charge in [-0.2, -0.15) is 0 Å². The van der Waals surface area contributed by atoms with Crippen molar-refractivity contribution in [3.63, 3.8) is 0 Å². The molecule has 0 bridgehead atoms. The van der Waals surface area contributed by atoms with Crippen LogP contribution in [-0.2, 0) is 16.6 Å². The molecular weight excluding hydrogens is 374 g/mol. The van der Waals surface area contributed by atoms with E-state index in [2.05, 4.69) is 27.1 Å². The van der Waals surface area contributed by atoms with E-state index in [4.69, 9.17) is 0 Å². The van der Waals surface area contributed by atoms with Crippen molar-refractivity contribution in [2.45, 2.75) is 32.7 Å². The number of sulfonamides is 1. The molecule has 1 fully saturated rings. The smallest absolute Gasteiger partial charge is 0.251 e. The first-order chi connectivity index (χ1) is 13.5. The summed E-state index contributed by atoms with van der Waals surface area (Å²) < 4.78 is 25.6. The first-order valence-electron chi connectivity index (χ1n) is 9.69. The molecular formula is C21H27N3O3S. The van der Waals surface area contributed by atoms with Crippen LogP contribution >= 0.6 is 0 Å². The summed E-state index contributed by atoms with van der Waals surface area (Å²) >= 11 is 0. The van der Waals surface area contributed by atoms with Gasteiger partial charge >= 0.3 is 0 Å². The Labute approximate surface area is 167 Å². The van der Waals surface area contributed by atoms with E-state index in [1.165, 1.54) is 24.9 Å². The lowest BCUT2D eigenvalue weighted by Crippen LogP contribution is -2.29. The summed E-state index contributed by atoms with van der Waals surface area (Å²) in [6.07, 6.45) is 3.80. The number of hydrogen-bond acceptors (Lipinski definition) is 4. The van der Waals surface area contributed by atoms with E-state index in [9.17, 15) is 13.2 Å². The lowest BCUT2D eigenvalue weighted by atomic mass is 10.1. The third kappa shape index (κ3) is 5.48. The summed E-state index contributed by atoms with van der Waals surface area (Å²) in [7, 11) is -3.32. The highest BCUT2D eigenvalue weighted by atomic mass is 32.2. The fourth-order valence-electron chi connectivity index (χ4n) is 3.20. The Bertz CT molecular complexity index is 887. The molecule has 0 spiro atoms. The van der Waals surface area contributed by atoms with E-state index in [1.807, 2.05) is 12.1 Å². The van der Waals surface area contributed by atoms with E-state index in [0.717, 1.165) is 18.7 Å². The zero-order chi connectivity index (χ0) is 20.0. The normalized spacial score (nSPS) is 14.5. The molecule has 2 aromatic carbocycles. The highest BCUT2D eigenvalue weighted by Gasteiger charge is 2.11. The van der Waals surface area contributed by atoms with Crippen LogP contribution in [0.1, 0.15) is 42.1 Å². The van der Waals surface area contributed by atoms with Crippen molar-refractivity contribution in [1.29, 1.82) is 0 Å². The van der Waals surface area contributed by atoms with Crippen LogP contribution in [0.4, 0.5) is 11.4 Å². The van der Waals surface area contributed by atoms with Gasteiger partial charge in [0.1, 0.15) is 0 Å². The fourth-order valence-corrected chi connectivity index (χ4v) is 3.84. The molecule has 0 radical (unpaired) electrons. The van der Waals surface area contributed by atoms with Gasteiger partial charge in [0.15, 0.2) is 0 Å². The topological polar surface area (TPSA) is 78.5 Å². The predicted octanol–water partition coefficient (Wildman–Crippen LogP) is 3.37. The second-order valence-corrected chi connectivity index (χ2v) is 8.99. The Balaban J connectivity index is 1.53. The molecule has 0 aliphatic carbocycles. The van der Waals surface area contributed by atoms with Gasteiger partial charge in [0, 0.05) is 36.6 Å². The predicted molar refractivity (Wildman–Crippen MR) is 113 cm³/mol. The van der Waals surface area contributed by atoms with Gasteiger partial charge in [0.2, 0.25) is 10.0 Å². The van der Waals surface area contributed by atoms with Crippen LogP contribution in [0.2, 0.25) is 0 Å². The van der Waals surface area contributed by atoms with Crippen LogP contribution in [0.15, 0.2) is 48.5 Å². The van der Waals surface area contributed by atoms with Gasteiger partial charge in [0.05, 0.1) is 5.75 Å². The van der Waals surface area contributed by atoms with Crippen molar-refractivity contribution in [2.75, 3.05) is 28.5 Å². The summed E-state index contributed by atoms with van der Waals surface area (Å²) in [4.78, 5) is 14.7. The van der Waals surface area contributed by atoms with Gasteiger partial charge < -0.3 is 10.2 Å². The average molecular weight is 402 g/mol. The number of carbonyl (C=O) groups excluding carboxylic acids is 1. The number of anilines is 2. The second kappa shape index (κ2) is 9.10. The van der Waals surface area contributed by atoms with E-state index >= 15 is 0 Å². The van der Waals surface area contributed by atoms with Gasteiger partial charge in [-0.1, -0.05) is 12.1 Å². The van der Waals surface area contributed by atoms with Crippen LogP contribution in [0.25, 0.3) is 0 Å². The first kappa shape index (κ1) is 20.2. The molecule has 2 N–H and O–H groups in total. The third-order valence-corrected chi connectivity index (χ3v) is 6.22. The molecule has 0 aromatic heterocycles.